The maximum absolute atomic E-state index is 11.8. The zero-order valence-corrected chi connectivity index (χ0v) is 17.9. The van der Waals surface area contributed by atoms with Gasteiger partial charge in [0.05, 0.1) is 18.3 Å². The molecule has 0 amide bonds. The fourth-order valence-electron chi connectivity index (χ4n) is 3.55. The van der Waals surface area contributed by atoms with Crippen LogP contribution in [0.3, 0.4) is 0 Å². The molecule has 5 rings (SSSR count). The number of anilines is 1. The molecule has 0 aliphatic heterocycles. The van der Waals surface area contributed by atoms with Gasteiger partial charge in [-0.1, -0.05) is 18.2 Å². The van der Waals surface area contributed by atoms with Crippen molar-refractivity contribution in [3.8, 4) is 5.75 Å². The smallest absolute Gasteiger partial charge is 0.419 e. The van der Waals surface area contributed by atoms with Gasteiger partial charge in [-0.15, -0.1) is 0 Å². The molecule has 9 nitrogen and oxygen atoms in total. The highest BCUT2D eigenvalue weighted by atomic mass is 16.4. The summed E-state index contributed by atoms with van der Waals surface area (Å²) in [5, 5.41) is 12.7. The lowest BCUT2D eigenvalue weighted by atomic mass is 10.1. The van der Waals surface area contributed by atoms with Gasteiger partial charge in [-0.25, -0.2) is 9.78 Å². The van der Waals surface area contributed by atoms with E-state index in [4.69, 9.17) is 8.83 Å². The van der Waals surface area contributed by atoms with Crippen LogP contribution in [0.5, 0.6) is 5.75 Å². The number of aromatic hydroxyl groups is 1. The fraction of sp³-hybridized carbons (Fsp3) is 0.167. The normalized spacial score (nSPS) is 11.2. The van der Waals surface area contributed by atoms with Gasteiger partial charge in [0, 0.05) is 19.9 Å². The molecule has 33 heavy (non-hydrogen) atoms. The van der Waals surface area contributed by atoms with E-state index in [0.29, 0.717) is 42.6 Å². The Morgan fingerprint density at radius 2 is 1.70 bits per heavy atom. The number of rotatable bonds is 7. The number of nitrogens with one attached hydrogen (secondary N) is 1. The van der Waals surface area contributed by atoms with Crippen molar-refractivity contribution in [1.29, 1.82) is 0 Å². The third kappa shape index (κ3) is 4.62. The van der Waals surface area contributed by atoms with Crippen LogP contribution >= 0.6 is 0 Å². The molecule has 0 saturated heterocycles. The Hall–Kier alpha value is -4.40. The molecule has 0 atom stereocenters. The minimum absolute atomic E-state index is 0.207. The van der Waals surface area contributed by atoms with E-state index in [1.807, 2.05) is 42.5 Å². The lowest BCUT2D eigenvalue weighted by Crippen LogP contribution is -2.11. The lowest BCUT2D eigenvalue weighted by Gasteiger charge is -2.09. The van der Waals surface area contributed by atoms with Gasteiger partial charge >= 0.3 is 5.76 Å². The molecule has 3 aromatic heterocycles. The molecular formula is C24H21N5O4. The second-order valence-corrected chi connectivity index (χ2v) is 7.67. The maximum atomic E-state index is 11.8. The van der Waals surface area contributed by atoms with E-state index in [9.17, 15) is 9.90 Å². The molecule has 0 spiro atoms. The quantitative estimate of drug-likeness (QED) is 0.393. The second-order valence-electron chi connectivity index (χ2n) is 7.67. The lowest BCUT2D eigenvalue weighted by molar-refractivity contribution is 0.475. The highest BCUT2D eigenvalue weighted by molar-refractivity contribution is 5.73. The van der Waals surface area contributed by atoms with Gasteiger partial charge in [0.1, 0.15) is 23.2 Å². The van der Waals surface area contributed by atoms with Crippen LogP contribution in [-0.2, 0) is 26.4 Å². The van der Waals surface area contributed by atoms with E-state index in [1.54, 1.807) is 25.4 Å². The minimum atomic E-state index is -0.400. The Morgan fingerprint density at radius 1 is 0.970 bits per heavy atom. The Bertz CT molecular complexity index is 1450. The first-order valence-corrected chi connectivity index (χ1v) is 10.4. The largest absolute Gasteiger partial charge is 0.508 e. The van der Waals surface area contributed by atoms with Crippen LogP contribution in [0.15, 0.2) is 74.5 Å². The summed E-state index contributed by atoms with van der Waals surface area (Å²) in [5.74, 6) is 2.19. The standard InChI is InChI=1S/C24H21N5O4/c1-29-19-9-6-16(11-20(19)33-24(29)31)13-22-26-21(12-15-4-7-17(30)8-5-15)27-23(28-22)25-14-18-3-2-10-32-18/h2-11,30H,12-14H2,1H3,(H,25,26,27,28). The van der Waals surface area contributed by atoms with Crippen molar-refractivity contribution < 1.29 is 13.9 Å². The minimum Gasteiger partial charge on any atom is -0.508 e. The van der Waals surface area contributed by atoms with Gasteiger partial charge in [0.15, 0.2) is 5.58 Å². The monoisotopic (exact) mass is 443 g/mol. The predicted octanol–water partition coefficient (Wildman–Crippen LogP) is 3.41. The molecule has 0 aliphatic rings. The number of fused-ring (bicyclic) bond motifs is 1. The number of phenols is 1. The summed E-state index contributed by atoms with van der Waals surface area (Å²) in [6, 6.07) is 16.2. The molecule has 2 aromatic carbocycles. The number of nitrogens with zero attached hydrogens (tertiary/aromatic N) is 4. The van der Waals surface area contributed by atoms with Crippen LogP contribution in [0.1, 0.15) is 28.5 Å². The van der Waals surface area contributed by atoms with Crippen molar-refractivity contribution >= 4 is 17.0 Å². The summed E-state index contributed by atoms with van der Waals surface area (Å²) in [5.41, 5.74) is 3.13. The molecule has 3 heterocycles. The zero-order valence-electron chi connectivity index (χ0n) is 17.9. The average molecular weight is 443 g/mol. The van der Waals surface area contributed by atoms with Crippen LogP contribution in [0, 0.1) is 0 Å². The average Bonchev–Trinajstić information content (AvgIpc) is 3.42. The van der Waals surface area contributed by atoms with Crippen molar-refractivity contribution in [3.63, 3.8) is 0 Å². The highest BCUT2D eigenvalue weighted by Gasteiger charge is 2.12. The van der Waals surface area contributed by atoms with E-state index in [-0.39, 0.29) is 5.75 Å². The van der Waals surface area contributed by atoms with Gasteiger partial charge in [-0.3, -0.25) is 4.57 Å². The highest BCUT2D eigenvalue weighted by Crippen LogP contribution is 2.18. The van der Waals surface area contributed by atoms with Crippen molar-refractivity contribution in [3.05, 3.63) is 99.9 Å². The van der Waals surface area contributed by atoms with Crippen LogP contribution in [-0.4, -0.2) is 24.6 Å². The molecular weight excluding hydrogens is 422 g/mol. The van der Waals surface area contributed by atoms with Crippen LogP contribution in [0.4, 0.5) is 5.95 Å². The summed E-state index contributed by atoms with van der Waals surface area (Å²) in [6.45, 7) is 0.441. The van der Waals surface area contributed by atoms with Gasteiger partial charge in [0.25, 0.3) is 0 Å². The van der Waals surface area contributed by atoms with Gasteiger partial charge in [-0.05, 0) is 47.5 Å². The summed E-state index contributed by atoms with van der Waals surface area (Å²) < 4.78 is 12.1. The Labute approximate surface area is 188 Å². The van der Waals surface area contributed by atoms with Crippen molar-refractivity contribution in [2.24, 2.45) is 7.05 Å². The van der Waals surface area contributed by atoms with E-state index >= 15 is 0 Å². The number of oxazole rings is 1. The third-order valence-corrected chi connectivity index (χ3v) is 5.25. The van der Waals surface area contributed by atoms with Crippen LogP contribution in [0.2, 0.25) is 0 Å². The van der Waals surface area contributed by atoms with Crippen molar-refractivity contribution in [2.75, 3.05) is 5.32 Å². The third-order valence-electron chi connectivity index (χ3n) is 5.25. The first kappa shape index (κ1) is 20.5. The molecule has 9 heteroatoms. The van der Waals surface area contributed by atoms with Crippen molar-refractivity contribution in [2.45, 2.75) is 19.4 Å². The number of aromatic nitrogens is 4. The number of hydrogen-bond donors (Lipinski definition) is 2. The topological polar surface area (TPSA) is 119 Å². The molecule has 0 radical (unpaired) electrons. The first-order valence-electron chi connectivity index (χ1n) is 10.4. The Kier molecular flexibility index (Phi) is 5.35. The molecule has 0 saturated carbocycles. The number of hydrogen-bond acceptors (Lipinski definition) is 8. The zero-order chi connectivity index (χ0) is 22.8. The van der Waals surface area contributed by atoms with Gasteiger partial charge in [0.2, 0.25) is 5.95 Å². The fourth-order valence-corrected chi connectivity index (χ4v) is 3.55. The summed E-state index contributed by atoms with van der Waals surface area (Å²) in [4.78, 5) is 25.6. The SMILES string of the molecule is Cn1c(=O)oc2cc(Cc3nc(Cc4ccc(O)cc4)nc(NCc4ccco4)n3)ccc21. The Balaban J connectivity index is 1.44. The number of furan rings is 1. The van der Waals surface area contributed by atoms with E-state index < -0.39 is 5.76 Å². The molecule has 166 valence electrons. The maximum Gasteiger partial charge on any atom is 0.419 e. The number of benzene rings is 2. The first-order chi connectivity index (χ1) is 16.0. The van der Waals surface area contributed by atoms with E-state index in [0.717, 1.165) is 22.4 Å². The molecule has 2 N–H and O–H groups in total. The molecule has 0 aliphatic carbocycles. The number of aryl methyl sites for hydroxylation is 1. The van der Waals surface area contributed by atoms with Crippen LogP contribution < -0.4 is 11.1 Å². The second kappa shape index (κ2) is 8.62. The van der Waals surface area contributed by atoms with E-state index in [2.05, 4.69) is 20.3 Å². The summed E-state index contributed by atoms with van der Waals surface area (Å²) >= 11 is 0. The predicted molar refractivity (Wildman–Crippen MR) is 121 cm³/mol. The number of phenolic OH excluding ortho intramolecular Hbond substituents is 1. The molecule has 0 unspecified atom stereocenters. The van der Waals surface area contributed by atoms with Gasteiger partial charge in [-0.2, -0.15) is 9.97 Å². The summed E-state index contributed by atoms with van der Waals surface area (Å²) in [7, 11) is 1.67. The molecule has 0 fully saturated rings. The van der Waals surface area contributed by atoms with Crippen LogP contribution in [0.25, 0.3) is 11.1 Å². The Morgan fingerprint density at radius 3 is 2.42 bits per heavy atom. The molecule has 5 aromatic rings. The van der Waals surface area contributed by atoms with Crippen molar-refractivity contribution in [1.82, 2.24) is 19.5 Å². The van der Waals surface area contributed by atoms with Gasteiger partial charge < -0.3 is 19.3 Å². The van der Waals surface area contributed by atoms with E-state index in [1.165, 1.54) is 4.57 Å². The summed E-state index contributed by atoms with van der Waals surface area (Å²) in [6.07, 6.45) is 2.54. The molecule has 0 bridgehead atoms.